The van der Waals surface area contributed by atoms with E-state index in [0.29, 0.717) is 0 Å². The molecule has 1 unspecified atom stereocenters. The smallest absolute Gasteiger partial charge is 0.172 e. The van der Waals surface area contributed by atoms with Crippen LogP contribution in [0.25, 0.3) is 10.9 Å². The van der Waals surface area contributed by atoms with Gasteiger partial charge in [-0.25, -0.2) is 0 Å². The molecule has 7 rings (SSSR count). The largest absolute Gasteiger partial charge is 0.311 e. The maximum Gasteiger partial charge on any atom is 0.172 e. The summed E-state index contributed by atoms with van der Waals surface area (Å²) in [7, 11) is -3.12. The second-order valence-corrected chi connectivity index (χ2v) is 12.8. The van der Waals surface area contributed by atoms with Crippen molar-refractivity contribution < 1.29 is 4.57 Å². The lowest BCUT2D eigenvalue weighted by Crippen LogP contribution is -2.15. The summed E-state index contributed by atoms with van der Waals surface area (Å²) >= 11 is 0. The first kappa shape index (κ1) is 25.1. The monoisotopic (exact) mass is 545 g/mol. The zero-order chi connectivity index (χ0) is 27.6. The van der Waals surface area contributed by atoms with Crippen molar-refractivity contribution in [2.45, 2.75) is 0 Å². The average molecular weight is 546 g/mol. The van der Waals surface area contributed by atoms with Crippen LogP contribution >= 0.6 is 7.14 Å². The number of benzene rings is 6. The van der Waals surface area contributed by atoms with Crippen molar-refractivity contribution in [3.63, 3.8) is 0 Å². The highest BCUT2D eigenvalue weighted by Crippen LogP contribution is 2.65. The first-order chi connectivity index (χ1) is 20.2. The fraction of sp³-hybridized carbons (Fsp3) is 0. The predicted molar refractivity (Wildman–Crippen MR) is 173 cm³/mol. The number of rotatable bonds is 6. The zero-order valence-electron chi connectivity index (χ0n) is 22.5. The van der Waals surface area contributed by atoms with Gasteiger partial charge >= 0.3 is 0 Å². The number of hydrogen-bond acceptors (Lipinski definition) is 2. The SMILES string of the molecule is O=P1(c2ccccc2)C(c2ccccc2)=C(c2ccc(N(c3ccccc3)c3ccccc3)cc2)c2ccccc21. The van der Waals surface area contributed by atoms with Gasteiger partial charge in [-0.3, -0.25) is 0 Å². The lowest BCUT2D eigenvalue weighted by atomic mass is 9.95. The van der Waals surface area contributed by atoms with Crippen LogP contribution in [-0.4, -0.2) is 0 Å². The van der Waals surface area contributed by atoms with Gasteiger partial charge in [0.25, 0.3) is 0 Å². The number of para-hydroxylation sites is 2. The minimum Gasteiger partial charge on any atom is -0.311 e. The molecule has 41 heavy (non-hydrogen) atoms. The molecule has 0 saturated carbocycles. The third-order valence-corrected chi connectivity index (χ3v) is 10.9. The van der Waals surface area contributed by atoms with Crippen LogP contribution in [0.3, 0.4) is 0 Å². The molecular formula is C38H28NOP. The van der Waals surface area contributed by atoms with Gasteiger partial charge in [0.2, 0.25) is 0 Å². The third-order valence-electron chi connectivity index (χ3n) is 7.67. The molecular weight excluding hydrogens is 517 g/mol. The van der Waals surface area contributed by atoms with Gasteiger partial charge in [-0.05, 0) is 53.1 Å². The molecule has 0 saturated heterocycles. The number of anilines is 3. The van der Waals surface area contributed by atoms with Gasteiger partial charge in [0.15, 0.2) is 7.14 Å². The maximum atomic E-state index is 15.4. The van der Waals surface area contributed by atoms with E-state index in [1.54, 1.807) is 0 Å². The Morgan fingerprint density at radius 1 is 0.415 bits per heavy atom. The van der Waals surface area contributed by atoms with Crippen LogP contribution in [0.4, 0.5) is 17.1 Å². The molecule has 0 aliphatic carbocycles. The fourth-order valence-electron chi connectivity index (χ4n) is 5.86. The van der Waals surface area contributed by atoms with E-state index < -0.39 is 7.14 Å². The molecule has 6 aromatic rings. The van der Waals surface area contributed by atoms with Crippen LogP contribution in [0.2, 0.25) is 0 Å². The van der Waals surface area contributed by atoms with Crippen LogP contribution in [0.5, 0.6) is 0 Å². The molecule has 6 aromatic carbocycles. The van der Waals surface area contributed by atoms with E-state index in [4.69, 9.17) is 0 Å². The first-order valence-corrected chi connectivity index (χ1v) is 15.5. The number of hydrogen-bond donors (Lipinski definition) is 0. The van der Waals surface area contributed by atoms with E-state index in [9.17, 15) is 0 Å². The standard InChI is InChI=1S/C38H28NOP/c40-41(34-21-11-4-12-22-34)36-24-14-13-23-35(36)37(38(41)30-15-5-1-6-16-30)29-25-27-33(28-26-29)39(31-17-7-2-8-18-31)32-19-9-3-10-20-32/h1-28H. The highest BCUT2D eigenvalue weighted by atomic mass is 31.2. The number of fused-ring (bicyclic) bond motifs is 1. The van der Waals surface area contributed by atoms with Gasteiger partial charge in [-0.2, -0.15) is 0 Å². The Labute approximate surface area is 241 Å². The summed E-state index contributed by atoms with van der Waals surface area (Å²) in [5, 5.41) is 2.66. The highest BCUT2D eigenvalue weighted by Gasteiger charge is 2.43. The van der Waals surface area contributed by atoms with Crippen LogP contribution < -0.4 is 15.5 Å². The third kappa shape index (κ3) is 4.34. The van der Waals surface area contributed by atoms with Gasteiger partial charge in [0.1, 0.15) is 0 Å². The van der Waals surface area contributed by atoms with Gasteiger partial charge in [0.05, 0.1) is 0 Å². The van der Waals surface area contributed by atoms with E-state index in [1.165, 1.54) is 0 Å². The summed E-state index contributed by atoms with van der Waals surface area (Å²) < 4.78 is 15.4. The Hall–Kier alpha value is -4.91. The molecule has 0 N–H and O–H groups in total. The molecule has 196 valence electrons. The Morgan fingerprint density at radius 3 is 1.46 bits per heavy atom. The Morgan fingerprint density at radius 2 is 0.878 bits per heavy atom. The van der Waals surface area contributed by atoms with Gasteiger partial charge in [-0.15, -0.1) is 0 Å². The highest BCUT2D eigenvalue weighted by molar-refractivity contribution is 7.88. The van der Waals surface area contributed by atoms with Crippen LogP contribution in [0, 0.1) is 0 Å². The molecule has 0 fully saturated rings. The molecule has 3 heteroatoms. The van der Waals surface area contributed by atoms with E-state index in [0.717, 1.165) is 55.2 Å². The van der Waals surface area contributed by atoms with Gasteiger partial charge in [-0.1, -0.05) is 133 Å². The Bertz CT molecular complexity index is 1840. The first-order valence-electron chi connectivity index (χ1n) is 13.8. The van der Waals surface area contributed by atoms with Gasteiger partial charge in [0, 0.05) is 38.6 Å². The topological polar surface area (TPSA) is 20.3 Å². The van der Waals surface area contributed by atoms with Crippen molar-refractivity contribution >= 4 is 45.7 Å². The second kappa shape index (κ2) is 10.6. The molecule has 0 amide bonds. The lowest BCUT2D eigenvalue weighted by molar-refractivity contribution is 0.593. The molecule has 2 nitrogen and oxygen atoms in total. The predicted octanol–water partition coefficient (Wildman–Crippen LogP) is 9.40. The second-order valence-electron chi connectivity index (χ2n) is 10.1. The summed E-state index contributed by atoms with van der Waals surface area (Å²) in [6.07, 6.45) is 0. The molecule has 0 aromatic heterocycles. The minimum atomic E-state index is -3.12. The van der Waals surface area contributed by atoms with Gasteiger partial charge < -0.3 is 9.46 Å². The van der Waals surface area contributed by atoms with Crippen molar-refractivity contribution in [3.05, 3.63) is 187 Å². The normalized spacial score (nSPS) is 15.9. The quantitative estimate of drug-likeness (QED) is 0.194. The molecule has 0 radical (unpaired) electrons. The molecule has 1 atom stereocenters. The van der Waals surface area contributed by atoms with E-state index >= 15 is 4.57 Å². The van der Waals surface area contributed by atoms with E-state index in [-0.39, 0.29) is 0 Å². The van der Waals surface area contributed by atoms with Crippen molar-refractivity contribution in [2.24, 2.45) is 0 Å². The molecule has 0 bridgehead atoms. The Balaban J connectivity index is 1.44. The molecule has 0 spiro atoms. The van der Waals surface area contributed by atoms with Crippen LogP contribution in [-0.2, 0) is 4.57 Å². The van der Waals surface area contributed by atoms with Crippen molar-refractivity contribution in [3.8, 4) is 0 Å². The number of nitrogens with zero attached hydrogens (tertiary/aromatic N) is 1. The van der Waals surface area contributed by atoms with Crippen LogP contribution in [0.15, 0.2) is 170 Å². The van der Waals surface area contributed by atoms with Crippen molar-refractivity contribution in [2.75, 3.05) is 4.90 Å². The Kier molecular flexibility index (Phi) is 6.47. The van der Waals surface area contributed by atoms with Crippen molar-refractivity contribution in [1.82, 2.24) is 0 Å². The summed E-state index contributed by atoms with van der Waals surface area (Å²) in [4.78, 5) is 2.26. The fourth-order valence-corrected chi connectivity index (χ4v) is 9.13. The summed E-state index contributed by atoms with van der Waals surface area (Å²) in [6, 6.07) is 57.9. The summed E-state index contributed by atoms with van der Waals surface area (Å²) in [5.41, 5.74) is 7.36. The molecule has 1 aliphatic rings. The lowest BCUT2D eigenvalue weighted by Gasteiger charge is -2.25. The van der Waals surface area contributed by atoms with E-state index in [1.807, 2.05) is 78.9 Å². The summed E-state index contributed by atoms with van der Waals surface area (Å²) in [5.74, 6) is 0. The summed E-state index contributed by atoms with van der Waals surface area (Å²) in [6.45, 7) is 0. The van der Waals surface area contributed by atoms with Crippen LogP contribution in [0.1, 0.15) is 16.7 Å². The average Bonchev–Trinajstić information content (AvgIpc) is 3.33. The minimum absolute atomic E-state index is 0.859. The van der Waals surface area contributed by atoms with Crippen molar-refractivity contribution in [1.29, 1.82) is 0 Å². The molecule has 1 aliphatic heterocycles. The zero-order valence-corrected chi connectivity index (χ0v) is 23.4. The molecule has 1 heterocycles. The van der Waals surface area contributed by atoms with E-state index in [2.05, 4.69) is 95.9 Å². The maximum absolute atomic E-state index is 15.4.